The molecule has 0 aliphatic carbocycles. The molecule has 0 aromatic heterocycles. The Hall–Kier alpha value is -1.98. The van der Waals surface area contributed by atoms with Crippen LogP contribution in [-0.4, -0.2) is 18.1 Å². The minimum atomic E-state index is -0.831. The first-order valence-corrected chi connectivity index (χ1v) is 7.74. The Labute approximate surface area is 136 Å². The minimum Gasteiger partial charge on any atom is -0.497 e. The van der Waals surface area contributed by atoms with Crippen LogP contribution < -0.4 is 10.1 Å². The van der Waals surface area contributed by atoms with E-state index in [1.165, 1.54) is 0 Å². The second kappa shape index (κ2) is 6.02. The Bertz CT molecular complexity index is 763. The van der Waals surface area contributed by atoms with Gasteiger partial charge < -0.3 is 10.1 Å². The molecule has 6 heteroatoms. The van der Waals surface area contributed by atoms with Crippen LogP contribution in [0, 0.1) is 0 Å². The number of carbonyl (C=O) groups excluding carboxylic acids is 2. The average Bonchev–Trinajstić information content (AvgIpc) is 2.84. The highest BCUT2D eigenvalue weighted by Crippen LogP contribution is 2.43. The number of hydrogen-bond acceptors (Lipinski definition) is 4. The van der Waals surface area contributed by atoms with E-state index in [1.54, 1.807) is 49.6 Å². The quantitative estimate of drug-likeness (QED) is 0.870. The molecule has 1 atom stereocenters. The minimum absolute atomic E-state index is 0.201. The predicted molar refractivity (Wildman–Crippen MR) is 86.7 cm³/mol. The van der Waals surface area contributed by atoms with Gasteiger partial charge in [-0.3, -0.25) is 9.59 Å². The SMILES string of the molecule is COc1ccc2c(c1)SC(=O)C2C(=O)Nc1ccccc1Cl. The number of halogens is 1. The number of para-hydroxylation sites is 1. The first-order valence-electron chi connectivity index (χ1n) is 6.55. The maximum absolute atomic E-state index is 12.5. The molecule has 0 bridgehead atoms. The van der Waals surface area contributed by atoms with Crippen molar-refractivity contribution in [2.45, 2.75) is 10.8 Å². The van der Waals surface area contributed by atoms with Gasteiger partial charge in [-0.05, 0) is 29.8 Å². The standard InChI is InChI=1S/C16H12ClNO3S/c1-21-9-6-7-10-13(8-9)22-16(20)14(10)15(19)18-12-5-3-2-4-11(12)17/h2-8,14H,1H3,(H,18,19). The lowest BCUT2D eigenvalue weighted by molar-refractivity contribution is -0.123. The van der Waals surface area contributed by atoms with Gasteiger partial charge in [0, 0.05) is 4.90 Å². The molecule has 1 amide bonds. The van der Waals surface area contributed by atoms with E-state index in [0.717, 1.165) is 16.7 Å². The third kappa shape index (κ3) is 2.69. The predicted octanol–water partition coefficient (Wildman–Crippen LogP) is 3.70. The fourth-order valence-electron chi connectivity index (χ4n) is 2.28. The first kappa shape index (κ1) is 14.9. The molecule has 1 N–H and O–H groups in total. The highest BCUT2D eigenvalue weighted by Gasteiger charge is 2.37. The van der Waals surface area contributed by atoms with Gasteiger partial charge in [-0.15, -0.1) is 0 Å². The van der Waals surface area contributed by atoms with Crippen LogP contribution in [0.15, 0.2) is 47.4 Å². The van der Waals surface area contributed by atoms with Crippen molar-refractivity contribution in [3.05, 3.63) is 53.1 Å². The summed E-state index contributed by atoms with van der Waals surface area (Å²) in [6.07, 6.45) is 0. The smallest absolute Gasteiger partial charge is 0.240 e. The maximum atomic E-state index is 12.5. The molecule has 0 fully saturated rings. The van der Waals surface area contributed by atoms with E-state index in [2.05, 4.69) is 5.32 Å². The van der Waals surface area contributed by atoms with Gasteiger partial charge in [0.25, 0.3) is 0 Å². The summed E-state index contributed by atoms with van der Waals surface area (Å²) in [7, 11) is 1.56. The van der Waals surface area contributed by atoms with Crippen LogP contribution in [0.1, 0.15) is 11.5 Å². The van der Waals surface area contributed by atoms with E-state index in [9.17, 15) is 9.59 Å². The number of benzene rings is 2. The average molecular weight is 334 g/mol. The van der Waals surface area contributed by atoms with Crippen molar-refractivity contribution < 1.29 is 14.3 Å². The molecule has 3 rings (SSSR count). The topological polar surface area (TPSA) is 55.4 Å². The Morgan fingerprint density at radius 3 is 2.77 bits per heavy atom. The molecule has 2 aromatic rings. The number of amides is 1. The van der Waals surface area contributed by atoms with Crippen molar-refractivity contribution in [3.63, 3.8) is 0 Å². The molecule has 4 nitrogen and oxygen atoms in total. The van der Waals surface area contributed by atoms with Crippen LogP contribution in [0.5, 0.6) is 5.75 Å². The fourth-order valence-corrected chi connectivity index (χ4v) is 3.51. The lowest BCUT2D eigenvalue weighted by Crippen LogP contribution is -2.23. The second-order valence-electron chi connectivity index (χ2n) is 4.73. The highest BCUT2D eigenvalue weighted by molar-refractivity contribution is 8.14. The highest BCUT2D eigenvalue weighted by atomic mass is 35.5. The summed E-state index contributed by atoms with van der Waals surface area (Å²) in [5.41, 5.74) is 1.19. The van der Waals surface area contributed by atoms with Crippen molar-refractivity contribution in [1.29, 1.82) is 0 Å². The molecule has 1 aliphatic rings. The molecule has 0 saturated heterocycles. The summed E-state index contributed by atoms with van der Waals surface area (Å²) in [6.45, 7) is 0. The van der Waals surface area contributed by atoms with E-state index in [0.29, 0.717) is 22.0 Å². The molecule has 1 heterocycles. The fraction of sp³-hybridized carbons (Fsp3) is 0.125. The van der Waals surface area contributed by atoms with Crippen molar-refractivity contribution >= 4 is 40.1 Å². The number of ether oxygens (including phenoxy) is 1. The summed E-state index contributed by atoms with van der Waals surface area (Å²) in [4.78, 5) is 25.4. The summed E-state index contributed by atoms with van der Waals surface area (Å²) in [5, 5.41) is 2.95. The van der Waals surface area contributed by atoms with Gasteiger partial charge in [0.2, 0.25) is 11.0 Å². The zero-order chi connectivity index (χ0) is 15.7. The Balaban J connectivity index is 1.88. The molecular formula is C16H12ClNO3S. The Morgan fingerprint density at radius 2 is 2.05 bits per heavy atom. The molecule has 0 radical (unpaired) electrons. The lowest BCUT2D eigenvalue weighted by atomic mass is 9.99. The number of anilines is 1. The van der Waals surface area contributed by atoms with E-state index in [4.69, 9.17) is 16.3 Å². The molecular weight excluding hydrogens is 322 g/mol. The lowest BCUT2D eigenvalue weighted by Gasteiger charge is -2.12. The number of thioether (sulfide) groups is 1. The summed E-state index contributed by atoms with van der Waals surface area (Å²) in [6, 6.07) is 12.2. The largest absolute Gasteiger partial charge is 0.497 e. The van der Waals surface area contributed by atoms with Gasteiger partial charge in [0.05, 0.1) is 17.8 Å². The summed E-state index contributed by atoms with van der Waals surface area (Å²) >= 11 is 7.09. The van der Waals surface area contributed by atoms with Crippen LogP contribution in [0.2, 0.25) is 5.02 Å². The van der Waals surface area contributed by atoms with Gasteiger partial charge in [-0.1, -0.05) is 41.6 Å². The molecule has 0 spiro atoms. The van der Waals surface area contributed by atoms with Crippen LogP contribution >= 0.6 is 23.4 Å². The zero-order valence-electron chi connectivity index (χ0n) is 11.6. The van der Waals surface area contributed by atoms with Crippen molar-refractivity contribution in [1.82, 2.24) is 0 Å². The van der Waals surface area contributed by atoms with E-state index >= 15 is 0 Å². The maximum Gasteiger partial charge on any atom is 0.240 e. The van der Waals surface area contributed by atoms with E-state index in [1.807, 2.05) is 0 Å². The van der Waals surface area contributed by atoms with Crippen LogP contribution in [0.4, 0.5) is 5.69 Å². The van der Waals surface area contributed by atoms with Crippen LogP contribution in [0.25, 0.3) is 0 Å². The number of hydrogen-bond donors (Lipinski definition) is 1. The van der Waals surface area contributed by atoms with Gasteiger partial charge in [0.1, 0.15) is 11.7 Å². The summed E-state index contributed by atoms with van der Waals surface area (Å²) < 4.78 is 5.14. The third-order valence-corrected chi connectivity index (χ3v) is 4.71. The van der Waals surface area contributed by atoms with Gasteiger partial charge in [0.15, 0.2) is 0 Å². The summed E-state index contributed by atoms with van der Waals surface area (Å²) in [5.74, 6) is -0.553. The third-order valence-electron chi connectivity index (χ3n) is 3.37. The number of rotatable bonds is 3. The molecule has 22 heavy (non-hydrogen) atoms. The number of methoxy groups -OCH3 is 1. The van der Waals surface area contributed by atoms with Gasteiger partial charge in [-0.25, -0.2) is 0 Å². The number of carbonyl (C=O) groups is 2. The monoisotopic (exact) mass is 333 g/mol. The number of fused-ring (bicyclic) bond motifs is 1. The van der Waals surface area contributed by atoms with Crippen molar-refractivity contribution in [2.24, 2.45) is 0 Å². The van der Waals surface area contributed by atoms with Gasteiger partial charge >= 0.3 is 0 Å². The van der Waals surface area contributed by atoms with Crippen molar-refractivity contribution in [2.75, 3.05) is 12.4 Å². The van der Waals surface area contributed by atoms with Crippen molar-refractivity contribution in [3.8, 4) is 5.75 Å². The molecule has 1 unspecified atom stereocenters. The Morgan fingerprint density at radius 1 is 1.27 bits per heavy atom. The van der Waals surface area contributed by atoms with Gasteiger partial charge in [-0.2, -0.15) is 0 Å². The van der Waals surface area contributed by atoms with Crippen LogP contribution in [-0.2, 0) is 9.59 Å². The number of nitrogens with one attached hydrogen (secondary N) is 1. The second-order valence-corrected chi connectivity index (χ2v) is 6.18. The van der Waals surface area contributed by atoms with E-state index in [-0.39, 0.29) is 11.0 Å². The molecule has 0 saturated carbocycles. The zero-order valence-corrected chi connectivity index (χ0v) is 13.2. The van der Waals surface area contributed by atoms with E-state index < -0.39 is 5.92 Å². The first-order chi connectivity index (χ1) is 10.6. The Kier molecular flexibility index (Phi) is 4.09. The molecule has 112 valence electrons. The molecule has 1 aliphatic heterocycles. The molecule has 2 aromatic carbocycles. The normalized spacial score (nSPS) is 16.3. The van der Waals surface area contributed by atoms with Crippen LogP contribution in [0.3, 0.4) is 0 Å².